The molecule has 4 aromatic rings. The third-order valence-electron chi connectivity index (χ3n) is 4.34. The van der Waals surface area contributed by atoms with Gasteiger partial charge in [-0.15, -0.1) is 5.10 Å². The van der Waals surface area contributed by atoms with Crippen LogP contribution < -0.4 is 10.3 Å². The molecule has 0 radical (unpaired) electrons. The first-order valence-corrected chi connectivity index (χ1v) is 9.07. The van der Waals surface area contributed by atoms with E-state index in [0.29, 0.717) is 16.7 Å². The van der Waals surface area contributed by atoms with Gasteiger partial charge in [-0.2, -0.15) is 4.68 Å². The molecule has 0 spiro atoms. The summed E-state index contributed by atoms with van der Waals surface area (Å²) in [5.74, 6) is -0.501. The van der Waals surface area contributed by atoms with Crippen molar-refractivity contribution in [3.63, 3.8) is 0 Å². The molecular formula is C22H16FN3O4. The van der Waals surface area contributed by atoms with Crippen molar-refractivity contribution in [1.29, 1.82) is 0 Å². The molecule has 1 aromatic heterocycles. The van der Waals surface area contributed by atoms with Crippen molar-refractivity contribution in [3.05, 3.63) is 100 Å². The SMILES string of the molecule is O=C(OCn1nnc2ccccc2c1=O)c1cccc(OCc2ccc(F)cc2)c1. The Morgan fingerprint density at radius 2 is 1.80 bits per heavy atom. The number of carbonyl (C=O) groups is 1. The normalized spacial score (nSPS) is 10.7. The Labute approximate surface area is 170 Å². The fraction of sp³-hybridized carbons (Fsp3) is 0.0909. The standard InChI is InChI=1S/C22H16FN3O4/c23-17-10-8-15(9-11-17)13-29-18-5-3-4-16(12-18)22(28)30-14-26-21(27)19-6-1-2-7-20(19)24-25-26/h1-12H,13-14H2. The Morgan fingerprint density at radius 1 is 1.00 bits per heavy atom. The zero-order chi connectivity index (χ0) is 20.9. The maximum absolute atomic E-state index is 13.0. The van der Waals surface area contributed by atoms with Crippen LogP contribution in [0.3, 0.4) is 0 Å². The van der Waals surface area contributed by atoms with Crippen LogP contribution in [0.15, 0.2) is 77.6 Å². The van der Waals surface area contributed by atoms with Gasteiger partial charge in [0, 0.05) is 0 Å². The van der Waals surface area contributed by atoms with E-state index >= 15 is 0 Å². The zero-order valence-corrected chi connectivity index (χ0v) is 15.7. The van der Waals surface area contributed by atoms with E-state index in [2.05, 4.69) is 10.3 Å². The van der Waals surface area contributed by atoms with Gasteiger partial charge in [-0.25, -0.2) is 9.18 Å². The second kappa shape index (κ2) is 8.52. The molecule has 0 aliphatic carbocycles. The minimum absolute atomic E-state index is 0.223. The third-order valence-corrected chi connectivity index (χ3v) is 4.34. The van der Waals surface area contributed by atoms with Crippen LogP contribution in [0.25, 0.3) is 10.9 Å². The molecule has 0 saturated carbocycles. The van der Waals surface area contributed by atoms with Gasteiger partial charge < -0.3 is 9.47 Å². The Kier molecular flexibility index (Phi) is 5.47. The van der Waals surface area contributed by atoms with E-state index < -0.39 is 11.5 Å². The number of aromatic nitrogens is 3. The molecule has 0 saturated heterocycles. The molecule has 4 rings (SSSR count). The van der Waals surface area contributed by atoms with Gasteiger partial charge in [-0.1, -0.05) is 35.5 Å². The van der Waals surface area contributed by atoms with Crippen LogP contribution in [0, 0.1) is 5.82 Å². The summed E-state index contributed by atoms with van der Waals surface area (Å²) in [6.07, 6.45) is 0. The monoisotopic (exact) mass is 405 g/mol. The number of rotatable bonds is 6. The minimum Gasteiger partial charge on any atom is -0.489 e. The molecular weight excluding hydrogens is 389 g/mol. The number of halogens is 1. The number of ether oxygens (including phenoxy) is 2. The van der Waals surface area contributed by atoms with E-state index in [0.717, 1.165) is 10.2 Å². The first kappa shape index (κ1) is 19.3. The van der Waals surface area contributed by atoms with Crippen molar-refractivity contribution >= 4 is 16.9 Å². The molecule has 0 bridgehead atoms. The third kappa shape index (κ3) is 4.33. The van der Waals surface area contributed by atoms with Crippen LogP contribution in [-0.2, 0) is 18.1 Å². The molecule has 0 fully saturated rings. The summed E-state index contributed by atoms with van der Waals surface area (Å²) in [4.78, 5) is 24.8. The van der Waals surface area contributed by atoms with Gasteiger partial charge in [0.2, 0.25) is 0 Å². The number of hydrogen-bond donors (Lipinski definition) is 0. The number of nitrogens with zero attached hydrogens (tertiary/aromatic N) is 3. The molecule has 8 heteroatoms. The van der Waals surface area contributed by atoms with E-state index in [1.807, 2.05) is 0 Å². The van der Waals surface area contributed by atoms with E-state index in [9.17, 15) is 14.0 Å². The van der Waals surface area contributed by atoms with Crippen LogP contribution in [-0.4, -0.2) is 21.0 Å². The molecule has 0 unspecified atom stereocenters. The maximum Gasteiger partial charge on any atom is 0.340 e. The number of fused-ring (bicyclic) bond motifs is 1. The molecule has 0 aliphatic heterocycles. The summed E-state index contributed by atoms with van der Waals surface area (Å²) in [6, 6.07) is 19.2. The van der Waals surface area contributed by atoms with E-state index in [-0.39, 0.29) is 24.7 Å². The number of carbonyl (C=O) groups excluding carboxylic acids is 1. The second-order valence-corrected chi connectivity index (χ2v) is 6.42. The van der Waals surface area contributed by atoms with Gasteiger partial charge in [0.15, 0.2) is 6.73 Å². The molecule has 0 atom stereocenters. The minimum atomic E-state index is -0.635. The van der Waals surface area contributed by atoms with Gasteiger partial charge in [-0.3, -0.25) is 4.79 Å². The van der Waals surface area contributed by atoms with Crippen molar-refractivity contribution in [1.82, 2.24) is 15.0 Å². The Hall–Kier alpha value is -4.07. The highest BCUT2D eigenvalue weighted by atomic mass is 19.1. The lowest BCUT2D eigenvalue weighted by Gasteiger charge is -2.09. The summed E-state index contributed by atoms with van der Waals surface area (Å²) in [7, 11) is 0. The lowest BCUT2D eigenvalue weighted by Crippen LogP contribution is -2.26. The Morgan fingerprint density at radius 3 is 2.63 bits per heavy atom. The highest BCUT2D eigenvalue weighted by Crippen LogP contribution is 2.16. The summed E-state index contributed by atoms with van der Waals surface area (Å²) >= 11 is 0. The van der Waals surface area contributed by atoms with Crippen LogP contribution in [0.2, 0.25) is 0 Å². The average molecular weight is 405 g/mol. The maximum atomic E-state index is 13.0. The quantitative estimate of drug-likeness (QED) is 0.458. The van der Waals surface area contributed by atoms with Gasteiger partial charge in [-0.05, 0) is 48.0 Å². The topological polar surface area (TPSA) is 83.3 Å². The Balaban J connectivity index is 1.41. The molecule has 3 aromatic carbocycles. The van der Waals surface area contributed by atoms with E-state index in [1.165, 1.54) is 18.2 Å². The highest BCUT2D eigenvalue weighted by molar-refractivity contribution is 5.89. The predicted molar refractivity (Wildman–Crippen MR) is 106 cm³/mol. The molecule has 7 nitrogen and oxygen atoms in total. The second-order valence-electron chi connectivity index (χ2n) is 6.42. The van der Waals surface area contributed by atoms with Gasteiger partial charge in [0.1, 0.15) is 23.7 Å². The predicted octanol–water partition coefficient (Wildman–Crippen LogP) is 3.32. The fourth-order valence-electron chi connectivity index (χ4n) is 2.77. The molecule has 0 aliphatic rings. The Bertz CT molecular complexity index is 1260. The lowest BCUT2D eigenvalue weighted by molar-refractivity contribution is 0.0335. The van der Waals surface area contributed by atoms with Gasteiger partial charge >= 0.3 is 5.97 Å². The van der Waals surface area contributed by atoms with Crippen LogP contribution in [0.1, 0.15) is 15.9 Å². The van der Waals surface area contributed by atoms with Gasteiger partial charge in [0.25, 0.3) is 5.56 Å². The summed E-state index contributed by atoms with van der Waals surface area (Å²) in [5.41, 5.74) is 1.12. The highest BCUT2D eigenvalue weighted by Gasteiger charge is 2.11. The van der Waals surface area contributed by atoms with Crippen molar-refractivity contribution in [2.24, 2.45) is 0 Å². The first-order chi connectivity index (χ1) is 14.6. The van der Waals surface area contributed by atoms with E-state index in [4.69, 9.17) is 9.47 Å². The van der Waals surface area contributed by atoms with Crippen molar-refractivity contribution < 1.29 is 18.7 Å². The zero-order valence-electron chi connectivity index (χ0n) is 15.7. The molecule has 150 valence electrons. The smallest absolute Gasteiger partial charge is 0.340 e. The lowest BCUT2D eigenvalue weighted by atomic mass is 10.2. The molecule has 0 amide bonds. The van der Waals surface area contributed by atoms with Crippen molar-refractivity contribution in [2.45, 2.75) is 13.3 Å². The van der Waals surface area contributed by atoms with Crippen molar-refractivity contribution in [2.75, 3.05) is 0 Å². The average Bonchev–Trinajstić information content (AvgIpc) is 2.78. The summed E-state index contributed by atoms with van der Waals surface area (Å²) in [6.45, 7) is -0.142. The van der Waals surface area contributed by atoms with E-state index in [1.54, 1.807) is 54.6 Å². The van der Waals surface area contributed by atoms with Crippen molar-refractivity contribution in [3.8, 4) is 5.75 Å². The first-order valence-electron chi connectivity index (χ1n) is 9.07. The molecule has 30 heavy (non-hydrogen) atoms. The largest absolute Gasteiger partial charge is 0.489 e. The van der Waals surface area contributed by atoms with Crippen LogP contribution >= 0.6 is 0 Å². The number of hydrogen-bond acceptors (Lipinski definition) is 6. The van der Waals surface area contributed by atoms with Crippen LogP contribution in [0.4, 0.5) is 4.39 Å². The number of benzene rings is 3. The molecule has 1 heterocycles. The number of esters is 1. The van der Waals surface area contributed by atoms with Crippen LogP contribution in [0.5, 0.6) is 5.75 Å². The molecule has 0 N–H and O–H groups in total. The van der Waals surface area contributed by atoms with Gasteiger partial charge in [0.05, 0.1) is 10.9 Å². The fourth-order valence-corrected chi connectivity index (χ4v) is 2.77. The summed E-state index contributed by atoms with van der Waals surface area (Å²) < 4.78 is 24.8. The summed E-state index contributed by atoms with van der Waals surface area (Å²) in [5, 5.41) is 8.12.